The number of aliphatic hydroxyl groups is 1. The van der Waals surface area contributed by atoms with E-state index >= 15 is 0 Å². The van der Waals surface area contributed by atoms with Crippen molar-refractivity contribution < 1.29 is 5.11 Å². The minimum absolute atomic E-state index is 0.0305. The quantitative estimate of drug-likeness (QED) is 0.644. The molecular weight excluding hydrogens is 322 g/mol. The Labute approximate surface area is 155 Å². The summed E-state index contributed by atoms with van der Waals surface area (Å²) in [5, 5.41) is 8.39. The first-order valence-corrected chi connectivity index (χ1v) is 9.22. The Bertz CT molecular complexity index is 943. The zero-order chi connectivity index (χ0) is 18.5. The first kappa shape index (κ1) is 17.1. The molecule has 1 atom stereocenters. The van der Waals surface area contributed by atoms with E-state index in [2.05, 4.69) is 84.2 Å². The van der Waals surface area contributed by atoms with Crippen LogP contribution >= 0.6 is 0 Å². The highest BCUT2D eigenvalue weighted by Crippen LogP contribution is 2.50. The van der Waals surface area contributed by atoms with Crippen LogP contribution in [0.1, 0.15) is 36.8 Å². The van der Waals surface area contributed by atoms with Crippen LogP contribution in [0.15, 0.2) is 48.5 Å². The Morgan fingerprint density at radius 2 is 1.73 bits per heavy atom. The van der Waals surface area contributed by atoms with Gasteiger partial charge in [0.25, 0.3) is 0 Å². The maximum atomic E-state index is 7.00. The summed E-state index contributed by atoms with van der Waals surface area (Å²) in [7, 11) is 3.23. The number of fused-ring (bicyclic) bond motifs is 6. The molecule has 0 fully saturated rings. The summed E-state index contributed by atoms with van der Waals surface area (Å²) in [5.74, 6) is 0. The van der Waals surface area contributed by atoms with Crippen LogP contribution in [0.2, 0.25) is 0 Å². The van der Waals surface area contributed by atoms with E-state index in [1.54, 1.807) is 0 Å². The molecule has 0 spiro atoms. The van der Waals surface area contributed by atoms with Gasteiger partial charge in [0.2, 0.25) is 0 Å². The number of aromatic amines is 1. The molecule has 4 nitrogen and oxygen atoms in total. The molecule has 0 saturated heterocycles. The molecule has 1 aromatic heterocycles. The molecule has 3 aromatic rings. The second-order valence-electron chi connectivity index (χ2n) is 7.57. The van der Waals surface area contributed by atoms with Crippen LogP contribution in [0.4, 0.5) is 5.69 Å². The van der Waals surface area contributed by atoms with Crippen molar-refractivity contribution in [2.24, 2.45) is 0 Å². The van der Waals surface area contributed by atoms with E-state index in [4.69, 9.17) is 5.11 Å². The smallest absolute Gasteiger partial charge is 0.124 e. The van der Waals surface area contributed by atoms with Crippen LogP contribution in [0.5, 0.6) is 0 Å². The molecule has 2 aromatic carbocycles. The van der Waals surface area contributed by atoms with Crippen LogP contribution < -0.4 is 4.90 Å². The lowest BCUT2D eigenvalue weighted by atomic mass is 9.83. The second kappa shape index (κ2) is 6.15. The SMILES string of the molecule is CN1c2ccccc2C(C)(C)N2CCc3c([nH]c4ccccc34)[C@@H]12.CO. The van der Waals surface area contributed by atoms with E-state index in [-0.39, 0.29) is 11.7 Å². The van der Waals surface area contributed by atoms with E-state index < -0.39 is 0 Å². The van der Waals surface area contributed by atoms with Crippen LogP contribution in [0.25, 0.3) is 10.9 Å². The predicted molar refractivity (Wildman–Crippen MR) is 107 cm³/mol. The third-order valence-corrected chi connectivity index (χ3v) is 6.03. The minimum atomic E-state index is 0.0305. The van der Waals surface area contributed by atoms with Crippen molar-refractivity contribution in [3.05, 3.63) is 65.4 Å². The number of para-hydroxylation sites is 2. The highest BCUT2D eigenvalue weighted by Gasteiger charge is 2.46. The summed E-state index contributed by atoms with van der Waals surface area (Å²) in [5.41, 5.74) is 6.91. The van der Waals surface area contributed by atoms with Crippen LogP contribution in [0, 0.1) is 0 Å². The van der Waals surface area contributed by atoms with Gasteiger partial charge < -0.3 is 15.0 Å². The van der Waals surface area contributed by atoms with Gasteiger partial charge in [-0.25, -0.2) is 0 Å². The van der Waals surface area contributed by atoms with Crippen molar-refractivity contribution >= 4 is 16.6 Å². The van der Waals surface area contributed by atoms with Crippen molar-refractivity contribution in [1.29, 1.82) is 0 Å². The Morgan fingerprint density at radius 3 is 2.54 bits per heavy atom. The maximum Gasteiger partial charge on any atom is 0.124 e. The lowest BCUT2D eigenvalue weighted by Crippen LogP contribution is -2.56. The summed E-state index contributed by atoms with van der Waals surface area (Å²) < 4.78 is 0. The molecule has 26 heavy (non-hydrogen) atoms. The number of rotatable bonds is 0. The number of anilines is 1. The first-order valence-electron chi connectivity index (χ1n) is 9.22. The molecule has 0 saturated carbocycles. The predicted octanol–water partition coefficient (Wildman–Crippen LogP) is 4.02. The van der Waals surface area contributed by atoms with Gasteiger partial charge in [0.05, 0.1) is 5.69 Å². The molecule has 3 heterocycles. The normalized spacial score (nSPS) is 20.7. The lowest BCUT2D eigenvalue weighted by molar-refractivity contribution is 0.0453. The van der Waals surface area contributed by atoms with Gasteiger partial charge in [-0.1, -0.05) is 36.4 Å². The van der Waals surface area contributed by atoms with Gasteiger partial charge in [-0.2, -0.15) is 0 Å². The van der Waals surface area contributed by atoms with E-state index in [1.807, 2.05) is 0 Å². The zero-order valence-electron chi connectivity index (χ0n) is 16.0. The fourth-order valence-electron chi connectivity index (χ4n) is 4.79. The summed E-state index contributed by atoms with van der Waals surface area (Å²) in [4.78, 5) is 8.82. The molecule has 0 aliphatic carbocycles. The number of hydrogen-bond acceptors (Lipinski definition) is 3. The number of benzene rings is 2. The van der Waals surface area contributed by atoms with Gasteiger partial charge in [-0.15, -0.1) is 0 Å². The monoisotopic (exact) mass is 349 g/mol. The van der Waals surface area contributed by atoms with E-state index in [0.717, 1.165) is 20.1 Å². The van der Waals surface area contributed by atoms with Crippen molar-refractivity contribution in [2.45, 2.75) is 32.0 Å². The van der Waals surface area contributed by atoms with Gasteiger partial charge in [0.1, 0.15) is 6.17 Å². The Balaban J connectivity index is 0.000000814. The summed E-state index contributed by atoms with van der Waals surface area (Å²) in [6.45, 7) is 5.81. The standard InChI is InChI=1S/C21H23N3.CH4O/c1-21(2)16-9-5-7-11-18(16)23(3)20-19-15(12-13-24(20)21)14-8-4-6-10-17(14)22-19;1-2/h4-11,20,22H,12-13H2,1-3H3;2H,1H3/t20-;/m0./s1. The largest absolute Gasteiger partial charge is 0.400 e. The molecule has 0 amide bonds. The molecule has 2 N–H and O–H groups in total. The Kier molecular flexibility index (Phi) is 4.05. The van der Waals surface area contributed by atoms with Gasteiger partial charge in [-0.05, 0) is 43.5 Å². The molecule has 2 aliphatic rings. The van der Waals surface area contributed by atoms with E-state index in [0.29, 0.717) is 0 Å². The third-order valence-electron chi connectivity index (χ3n) is 6.03. The number of nitrogens with zero attached hydrogens (tertiary/aromatic N) is 2. The van der Waals surface area contributed by atoms with Crippen LogP contribution in [-0.4, -0.2) is 35.7 Å². The second-order valence-corrected chi connectivity index (χ2v) is 7.57. The maximum absolute atomic E-state index is 7.00. The number of aromatic nitrogens is 1. The molecule has 136 valence electrons. The number of H-pyrrole nitrogens is 1. The molecule has 4 heteroatoms. The summed E-state index contributed by atoms with van der Waals surface area (Å²) >= 11 is 0. The number of nitrogens with one attached hydrogen (secondary N) is 1. The molecule has 5 rings (SSSR count). The average molecular weight is 349 g/mol. The Morgan fingerprint density at radius 1 is 1.04 bits per heavy atom. The van der Waals surface area contributed by atoms with Gasteiger partial charge >= 0.3 is 0 Å². The van der Waals surface area contributed by atoms with Gasteiger partial charge in [0, 0.05) is 42.8 Å². The fraction of sp³-hybridized carbons (Fsp3) is 0.364. The van der Waals surface area contributed by atoms with E-state index in [1.165, 1.54) is 33.4 Å². The molecular formula is C22H27N3O. The van der Waals surface area contributed by atoms with Crippen molar-refractivity contribution in [1.82, 2.24) is 9.88 Å². The minimum Gasteiger partial charge on any atom is -0.400 e. The Hall–Kier alpha value is -2.30. The fourth-order valence-corrected chi connectivity index (χ4v) is 4.79. The highest BCUT2D eigenvalue weighted by molar-refractivity contribution is 5.85. The van der Waals surface area contributed by atoms with Crippen LogP contribution in [-0.2, 0) is 12.0 Å². The van der Waals surface area contributed by atoms with Crippen molar-refractivity contribution in [3.8, 4) is 0 Å². The number of hydrogen-bond donors (Lipinski definition) is 2. The number of aliphatic hydroxyl groups excluding tert-OH is 1. The zero-order valence-corrected chi connectivity index (χ0v) is 16.0. The highest BCUT2D eigenvalue weighted by atomic mass is 16.2. The van der Waals surface area contributed by atoms with Gasteiger partial charge in [-0.3, -0.25) is 4.90 Å². The third kappa shape index (κ3) is 2.22. The summed E-state index contributed by atoms with van der Waals surface area (Å²) in [6, 6.07) is 17.6. The first-order chi connectivity index (χ1) is 12.6. The molecule has 0 unspecified atom stereocenters. The van der Waals surface area contributed by atoms with E-state index in [9.17, 15) is 0 Å². The summed E-state index contributed by atoms with van der Waals surface area (Å²) in [6.07, 6.45) is 1.38. The lowest BCUT2D eigenvalue weighted by Gasteiger charge is -2.54. The topological polar surface area (TPSA) is 42.5 Å². The molecule has 2 aliphatic heterocycles. The molecule has 0 radical (unpaired) electrons. The van der Waals surface area contributed by atoms with Crippen molar-refractivity contribution in [3.63, 3.8) is 0 Å². The average Bonchev–Trinajstić information content (AvgIpc) is 3.06. The van der Waals surface area contributed by atoms with Gasteiger partial charge in [0.15, 0.2) is 0 Å². The van der Waals surface area contributed by atoms with Crippen LogP contribution in [0.3, 0.4) is 0 Å². The molecule has 0 bridgehead atoms. The van der Waals surface area contributed by atoms with Crippen molar-refractivity contribution in [2.75, 3.05) is 25.6 Å².